The number of halogens is 1. The number of hydrogen-bond donors (Lipinski definition) is 1. The lowest BCUT2D eigenvalue weighted by molar-refractivity contribution is -0.137. The fraction of sp³-hybridized carbons (Fsp3) is 0.389. The van der Waals surface area contributed by atoms with Gasteiger partial charge in [0.2, 0.25) is 5.91 Å². The van der Waals surface area contributed by atoms with Crippen LogP contribution >= 0.6 is 15.9 Å². The summed E-state index contributed by atoms with van der Waals surface area (Å²) in [6.07, 6.45) is 8.65. The molecule has 1 saturated carbocycles. The van der Waals surface area contributed by atoms with Gasteiger partial charge >= 0.3 is 0 Å². The summed E-state index contributed by atoms with van der Waals surface area (Å²) in [5.74, 6) is 0.669. The van der Waals surface area contributed by atoms with Gasteiger partial charge in [-0.2, -0.15) is 0 Å². The van der Waals surface area contributed by atoms with Gasteiger partial charge in [-0.05, 0) is 43.0 Å². The number of fused-ring (bicyclic) bond motifs is 1. The molecule has 0 saturated heterocycles. The Labute approximate surface area is 138 Å². The maximum Gasteiger partial charge on any atom is 0.225 e. The maximum absolute atomic E-state index is 12.3. The molecule has 4 rings (SSSR count). The molecule has 0 atom stereocenters. The van der Waals surface area contributed by atoms with Crippen molar-refractivity contribution in [2.75, 3.05) is 13.1 Å². The van der Waals surface area contributed by atoms with E-state index >= 15 is 0 Å². The van der Waals surface area contributed by atoms with Crippen LogP contribution in [0.15, 0.2) is 34.9 Å². The highest BCUT2D eigenvalue weighted by atomic mass is 79.9. The molecule has 1 fully saturated rings. The minimum Gasteiger partial charge on any atom is -0.361 e. The highest BCUT2D eigenvalue weighted by molar-refractivity contribution is 9.10. The van der Waals surface area contributed by atoms with Gasteiger partial charge in [0.05, 0.1) is 0 Å². The fourth-order valence-corrected chi connectivity index (χ4v) is 3.75. The summed E-state index contributed by atoms with van der Waals surface area (Å²) in [5, 5.41) is 1.25. The van der Waals surface area contributed by atoms with Gasteiger partial charge in [0, 0.05) is 46.1 Å². The normalized spacial score (nSPS) is 19.1. The van der Waals surface area contributed by atoms with Crippen molar-refractivity contribution in [3.8, 4) is 0 Å². The van der Waals surface area contributed by atoms with E-state index < -0.39 is 0 Å². The zero-order valence-electron chi connectivity index (χ0n) is 12.4. The third-order valence-electron chi connectivity index (χ3n) is 4.96. The van der Waals surface area contributed by atoms with E-state index in [1.807, 2.05) is 4.90 Å². The molecular formula is C18H19BrN2O. The standard InChI is InChI=1S/C18H19BrN2O/c19-14-4-5-17-15(10-14)16(11-20-17)12-6-8-21(9-7-12)18(22)13-2-1-3-13/h4-6,10-11,13,20H,1-3,7-9H2. The third-order valence-corrected chi connectivity index (χ3v) is 5.46. The number of nitrogens with zero attached hydrogens (tertiary/aromatic N) is 1. The van der Waals surface area contributed by atoms with Crippen LogP contribution in [0.3, 0.4) is 0 Å². The van der Waals surface area contributed by atoms with Crippen LogP contribution in [-0.4, -0.2) is 28.9 Å². The first kappa shape index (κ1) is 14.1. The van der Waals surface area contributed by atoms with Crippen LogP contribution < -0.4 is 0 Å². The van der Waals surface area contributed by atoms with E-state index in [4.69, 9.17) is 0 Å². The molecule has 1 aromatic heterocycles. The van der Waals surface area contributed by atoms with Crippen LogP contribution in [0.1, 0.15) is 31.2 Å². The molecule has 2 heterocycles. The molecule has 1 aromatic carbocycles. The Morgan fingerprint density at radius 2 is 2.18 bits per heavy atom. The zero-order valence-corrected chi connectivity index (χ0v) is 14.0. The predicted octanol–water partition coefficient (Wildman–Crippen LogP) is 4.35. The van der Waals surface area contributed by atoms with Crippen LogP contribution in [0.25, 0.3) is 16.5 Å². The largest absolute Gasteiger partial charge is 0.361 e. The molecule has 0 unspecified atom stereocenters. The van der Waals surface area contributed by atoms with Crippen molar-refractivity contribution >= 4 is 38.3 Å². The average molecular weight is 359 g/mol. The molecule has 1 aliphatic heterocycles. The topological polar surface area (TPSA) is 36.1 Å². The fourth-order valence-electron chi connectivity index (χ4n) is 3.39. The smallest absolute Gasteiger partial charge is 0.225 e. The Kier molecular flexibility index (Phi) is 3.57. The van der Waals surface area contributed by atoms with E-state index in [-0.39, 0.29) is 0 Å². The quantitative estimate of drug-likeness (QED) is 0.851. The summed E-state index contributed by atoms with van der Waals surface area (Å²) in [5.41, 5.74) is 3.78. The number of hydrogen-bond acceptors (Lipinski definition) is 1. The second-order valence-electron chi connectivity index (χ2n) is 6.28. The lowest BCUT2D eigenvalue weighted by atomic mass is 9.84. The Bertz CT molecular complexity index is 758. The second kappa shape index (κ2) is 5.58. The number of amides is 1. The molecule has 0 radical (unpaired) electrons. The van der Waals surface area contributed by atoms with Crippen molar-refractivity contribution in [2.24, 2.45) is 5.92 Å². The highest BCUT2D eigenvalue weighted by Crippen LogP contribution is 2.33. The van der Waals surface area contributed by atoms with Gasteiger partial charge in [-0.3, -0.25) is 4.79 Å². The number of carbonyl (C=O) groups is 1. The molecule has 2 aliphatic rings. The van der Waals surface area contributed by atoms with Gasteiger partial charge in [-0.15, -0.1) is 0 Å². The summed E-state index contributed by atoms with van der Waals surface area (Å²) >= 11 is 3.55. The van der Waals surface area contributed by atoms with E-state index in [1.165, 1.54) is 22.9 Å². The molecule has 1 amide bonds. The first-order chi connectivity index (χ1) is 10.7. The number of H-pyrrole nitrogens is 1. The third kappa shape index (κ3) is 2.39. The lowest BCUT2D eigenvalue weighted by Crippen LogP contribution is -2.41. The molecule has 114 valence electrons. The number of carbonyl (C=O) groups excluding carboxylic acids is 1. The average Bonchev–Trinajstić information content (AvgIpc) is 2.88. The summed E-state index contributed by atoms with van der Waals surface area (Å²) < 4.78 is 1.10. The molecule has 3 nitrogen and oxygen atoms in total. The van der Waals surface area contributed by atoms with E-state index in [0.29, 0.717) is 11.8 Å². The molecule has 1 N–H and O–H groups in total. The van der Waals surface area contributed by atoms with Crippen molar-refractivity contribution in [2.45, 2.75) is 25.7 Å². The van der Waals surface area contributed by atoms with Crippen LogP contribution in [0.4, 0.5) is 0 Å². The van der Waals surface area contributed by atoms with Crippen LogP contribution in [0.5, 0.6) is 0 Å². The Hall–Kier alpha value is -1.55. The molecule has 0 spiro atoms. The molecule has 1 aliphatic carbocycles. The van der Waals surface area contributed by atoms with Gasteiger partial charge in [0.15, 0.2) is 0 Å². The van der Waals surface area contributed by atoms with Crippen molar-refractivity contribution in [1.29, 1.82) is 0 Å². The van der Waals surface area contributed by atoms with Crippen molar-refractivity contribution in [3.05, 3.63) is 40.5 Å². The molecule has 0 bridgehead atoms. The van der Waals surface area contributed by atoms with E-state index in [1.54, 1.807) is 0 Å². The number of rotatable bonds is 2. The number of aromatic nitrogens is 1. The minimum absolute atomic E-state index is 0.305. The van der Waals surface area contributed by atoms with Gasteiger partial charge in [0.1, 0.15) is 0 Å². The van der Waals surface area contributed by atoms with Crippen molar-refractivity contribution in [1.82, 2.24) is 9.88 Å². The highest BCUT2D eigenvalue weighted by Gasteiger charge is 2.30. The number of benzene rings is 1. The van der Waals surface area contributed by atoms with E-state index in [9.17, 15) is 4.79 Å². The Morgan fingerprint density at radius 1 is 1.32 bits per heavy atom. The number of aromatic amines is 1. The van der Waals surface area contributed by atoms with Crippen LogP contribution in [0.2, 0.25) is 0 Å². The summed E-state index contributed by atoms with van der Waals surface area (Å²) in [6, 6.07) is 6.31. The van der Waals surface area contributed by atoms with E-state index in [2.05, 4.69) is 51.4 Å². The van der Waals surface area contributed by atoms with Crippen molar-refractivity contribution in [3.63, 3.8) is 0 Å². The van der Waals surface area contributed by atoms with E-state index in [0.717, 1.165) is 42.3 Å². The molecule has 2 aromatic rings. The minimum atomic E-state index is 0.305. The van der Waals surface area contributed by atoms with Gasteiger partial charge in [-0.25, -0.2) is 0 Å². The Balaban J connectivity index is 1.57. The lowest BCUT2D eigenvalue weighted by Gasteiger charge is -2.33. The molecule has 4 heteroatoms. The molecular weight excluding hydrogens is 340 g/mol. The Morgan fingerprint density at radius 3 is 2.86 bits per heavy atom. The van der Waals surface area contributed by atoms with Gasteiger partial charge < -0.3 is 9.88 Å². The summed E-state index contributed by atoms with van der Waals surface area (Å²) in [6.45, 7) is 1.60. The van der Waals surface area contributed by atoms with Gasteiger partial charge in [-0.1, -0.05) is 28.4 Å². The van der Waals surface area contributed by atoms with Crippen LogP contribution in [-0.2, 0) is 4.79 Å². The predicted molar refractivity (Wildman–Crippen MR) is 92.5 cm³/mol. The summed E-state index contributed by atoms with van der Waals surface area (Å²) in [7, 11) is 0. The van der Waals surface area contributed by atoms with Crippen molar-refractivity contribution < 1.29 is 4.79 Å². The first-order valence-corrected chi connectivity index (χ1v) is 8.76. The molecule has 22 heavy (non-hydrogen) atoms. The monoisotopic (exact) mass is 358 g/mol. The number of nitrogens with one attached hydrogen (secondary N) is 1. The summed E-state index contributed by atoms with van der Waals surface area (Å²) in [4.78, 5) is 17.7. The van der Waals surface area contributed by atoms with Gasteiger partial charge in [0.25, 0.3) is 0 Å². The second-order valence-corrected chi connectivity index (χ2v) is 7.20. The van der Waals surface area contributed by atoms with Crippen LogP contribution in [0, 0.1) is 5.92 Å². The first-order valence-electron chi connectivity index (χ1n) is 7.97. The zero-order chi connectivity index (χ0) is 15.1. The SMILES string of the molecule is O=C(C1CCC1)N1CC=C(c2c[nH]c3ccc(Br)cc23)CC1. The maximum atomic E-state index is 12.3.